The van der Waals surface area contributed by atoms with Gasteiger partial charge in [-0.25, -0.2) is 9.38 Å². The predicted octanol–water partition coefficient (Wildman–Crippen LogP) is 4.46. The van der Waals surface area contributed by atoms with E-state index < -0.39 is 0 Å². The molecule has 0 radical (unpaired) electrons. The van der Waals surface area contributed by atoms with Crippen molar-refractivity contribution in [1.29, 1.82) is 0 Å². The lowest BCUT2D eigenvalue weighted by Gasteiger charge is -2.37. The van der Waals surface area contributed by atoms with Crippen LogP contribution in [0.3, 0.4) is 0 Å². The fraction of sp³-hybridized carbons (Fsp3) is 0.231. The number of amides is 1. The Morgan fingerprint density at radius 2 is 1.61 bits per heavy atom. The third kappa shape index (κ3) is 5.88. The van der Waals surface area contributed by atoms with Gasteiger partial charge in [0, 0.05) is 37.4 Å². The van der Waals surface area contributed by atoms with E-state index >= 15 is 0 Å². The third-order valence-electron chi connectivity index (χ3n) is 5.42. The molecule has 1 amide bonds. The van der Waals surface area contributed by atoms with E-state index in [2.05, 4.69) is 32.2 Å². The number of hydrogen-bond acceptors (Lipinski definition) is 4. The van der Waals surface area contributed by atoms with Crippen molar-refractivity contribution in [3.8, 4) is 5.75 Å². The van der Waals surface area contributed by atoms with Crippen LogP contribution in [0.15, 0.2) is 83.9 Å². The first-order valence-corrected chi connectivity index (χ1v) is 11.1. The standard InChI is InChI=1S/C26H27FN4O2/c1-2-33-24-14-8-20(9-15-24)25(32)29-26(28-22-12-10-21(27)11-13-22)31-18-16-30(17-19-31)23-6-4-3-5-7-23/h3-15H,2,16-19H2,1H3,(H,28,29,32). The average molecular weight is 447 g/mol. The number of ether oxygens (including phenoxy) is 1. The summed E-state index contributed by atoms with van der Waals surface area (Å²) in [5.74, 6) is 0.578. The van der Waals surface area contributed by atoms with E-state index in [0.717, 1.165) is 13.1 Å². The molecule has 0 spiro atoms. The lowest BCUT2D eigenvalue weighted by atomic mass is 10.2. The van der Waals surface area contributed by atoms with Gasteiger partial charge in [-0.1, -0.05) is 18.2 Å². The summed E-state index contributed by atoms with van der Waals surface area (Å²) in [4.78, 5) is 22.0. The summed E-state index contributed by atoms with van der Waals surface area (Å²) >= 11 is 0. The number of guanidine groups is 1. The van der Waals surface area contributed by atoms with Crippen LogP contribution in [0.25, 0.3) is 0 Å². The molecule has 0 bridgehead atoms. The maximum atomic E-state index is 13.4. The SMILES string of the molecule is CCOc1ccc(C(=O)NC(=Nc2ccc(F)cc2)N2CCN(c3ccccc3)CC2)cc1. The van der Waals surface area contributed by atoms with Crippen LogP contribution < -0.4 is 15.0 Å². The molecule has 0 atom stereocenters. The Balaban J connectivity index is 1.51. The summed E-state index contributed by atoms with van der Waals surface area (Å²) in [6.45, 7) is 5.46. The first-order chi connectivity index (χ1) is 16.1. The quantitative estimate of drug-likeness (QED) is 0.464. The van der Waals surface area contributed by atoms with Gasteiger partial charge in [-0.3, -0.25) is 10.1 Å². The van der Waals surface area contributed by atoms with Gasteiger partial charge in [-0.15, -0.1) is 0 Å². The van der Waals surface area contributed by atoms with Crippen molar-refractivity contribution >= 4 is 23.2 Å². The molecule has 1 N–H and O–H groups in total. The molecule has 3 aromatic carbocycles. The molecule has 0 aliphatic carbocycles. The number of benzene rings is 3. The number of aliphatic imine (C=N–C) groups is 1. The maximum absolute atomic E-state index is 13.4. The minimum atomic E-state index is -0.328. The fourth-order valence-corrected chi connectivity index (χ4v) is 3.67. The van der Waals surface area contributed by atoms with Crippen molar-refractivity contribution in [2.45, 2.75) is 6.92 Å². The van der Waals surface area contributed by atoms with Crippen LogP contribution in [0.2, 0.25) is 0 Å². The number of nitrogens with one attached hydrogen (secondary N) is 1. The van der Waals surface area contributed by atoms with Crippen molar-refractivity contribution in [2.24, 2.45) is 4.99 Å². The van der Waals surface area contributed by atoms with Crippen LogP contribution in [0, 0.1) is 5.82 Å². The minimum absolute atomic E-state index is 0.260. The lowest BCUT2D eigenvalue weighted by molar-refractivity contribution is 0.0971. The zero-order chi connectivity index (χ0) is 23.0. The number of carbonyl (C=O) groups is 1. The topological polar surface area (TPSA) is 57.2 Å². The van der Waals surface area contributed by atoms with Crippen LogP contribution in [-0.4, -0.2) is 49.6 Å². The predicted molar refractivity (Wildman–Crippen MR) is 129 cm³/mol. The van der Waals surface area contributed by atoms with Crippen molar-refractivity contribution in [1.82, 2.24) is 10.2 Å². The van der Waals surface area contributed by atoms with Crippen molar-refractivity contribution in [3.05, 3.63) is 90.2 Å². The third-order valence-corrected chi connectivity index (χ3v) is 5.42. The molecule has 170 valence electrons. The Bertz CT molecular complexity index is 1080. The normalized spacial score (nSPS) is 14.2. The van der Waals surface area contributed by atoms with E-state index in [-0.39, 0.29) is 11.7 Å². The van der Waals surface area contributed by atoms with Gasteiger partial charge in [0.2, 0.25) is 5.96 Å². The first kappa shape index (κ1) is 22.3. The van der Waals surface area contributed by atoms with Crippen LogP contribution in [0.1, 0.15) is 17.3 Å². The number of rotatable bonds is 5. The Kier molecular flexibility index (Phi) is 7.19. The number of nitrogens with zero attached hydrogens (tertiary/aromatic N) is 3. The summed E-state index contributed by atoms with van der Waals surface area (Å²) in [6.07, 6.45) is 0. The fourth-order valence-electron chi connectivity index (χ4n) is 3.67. The van der Waals surface area contributed by atoms with Gasteiger partial charge >= 0.3 is 0 Å². The Morgan fingerprint density at radius 3 is 2.24 bits per heavy atom. The number of carbonyl (C=O) groups excluding carboxylic acids is 1. The highest BCUT2D eigenvalue weighted by atomic mass is 19.1. The van der Waals surface area contributed by atoms with Crippen LogP contribution in [-0.2, 0) is 0 Å². The molecule has 7 heteroatoms. The highest BCUT2D eigenvalue weighted by molar-refractivity contribution is 6.06. The van der Waals surface area contributed by atoms with Crippen LogP contribution in [0.5, 0.6) is 5.75 Å². The average Bonchev–Trinajstić information content (AvgIpc) is 2.86. The highest BCUT2D eigenvalue weighted by Gasteiger charge is 2.22. The van der Waals surface area contributed by atoms with Gasteiger partial charge in [0.25, 0.3) is 5.91 Å². The van der Waals surface area contributed by atoms with Gasteiger partial charge in [0.15, 0.2) is 0 Å². The smallest absolute Gasteiger partial charge is 0.257 e. The second kappa shape index (κ2) is 10.6. The van der Waals surface area contributed by atoms with Gasteiger partial charge < -0.3 is 14.5 Å². The molecule has 1 fully saturated rings. The monoisotopic (exact) mass is 446 g/mol. The summed E-state index contributed by atoms with van der Waals surface area (Å²) < 4.78 is 18.8. The molecule has 1 aliphatic rings. The van der Waals surface area contributed by atoms with Crippen molar-refractivity contribution in [2.75, 3.05) is 37.7 Å². The van der Waals surface area contributed by atoms with E-state index in [9.17, 15) is 9.18 Å². The zero-order valence-electron chi connectivity index (χ0n) is 18.6. The van der Waals surface area contributed by atoms with Crippen LogP contribution >= 0.6 is 0 Å². The van der Waals surface area contributed by atoms with E-state index in [1.807, 2.05) is 25.1 Å². The zero-order valence-corrected chi connectivity index (χ0v) is 18.6. The summed E-state index contributed by atoms with van der Waals surface area (Å²) in [5, 5.41) is 2.96. The molecule has 0 unspecified atom stereocenters. The number of halogens is 1. The largest absolute Gasteiger partial charge is 0.494 e. The van der Waals surface area contributed by atoms with Crippen LogP contribution in [0.4, 0.5) is 15.8 Å². The molecule has 33 heavy (non-hydrogen) atoms. The Hall–Kier alpha value is -3.87. The maximum Gasteiger partial charge on any atom is 0.257 e. The van der Waals surface area contributed by atoms with Crippen molar-refractivity contribution < 1.29 is 13.9 Å². The Labute approximate surface area is 193 Å². The molecule has 1 aliphatic heterocycles. The summed E-state index contributed by atoms with van der Waals surface area (Å²) in [7, 11) is 0. The first-order valence-electron chi connectivity index (χ1n) is 11.1. The molecule has 0 aromatic heterocycles. The molecule has 6 nitrogen and oxygen atoms in total. The number of hydrogen-bond donors (Lipinski definition) is 1. The molecular weight excluding hydrogens is 419 g/mol. The van der Waals surface area contributed by atoms with Gasteiger partial charge in [0.1, 0.15) is 11.6 Å². The lowest BCUT2D eigenvalue weighted by Crippen LogP contribution is -2.53. The van der Waals surface area contributed by atoms with E-state index in [1.165, 1.54) is 17.8 Å². The molecule has 4 rings (SSSR count). The second-order valence-corrected chi connectivity index (χ2v) is 7.63. The van der Waals surface area contributed by atoms with Gasteiger partial charge in [0.05, 0.1) is 12.3 Å². The van der Waals surface area contributed by atoms with E-state index in [0.29, 0.717) is 42.7 Å². The molecule has 1 saturated heterocycles. The summed E-state index contributed by atoms with van der Waals surface area (Å²) in [6, 6.07) is 23.2. The van der Waals surface area contributed by atoms with Gasteiger partial charge in [-0.2, -0.15) is 0 Å². The molecule has 0 saturated carbocycles. The number of para-hydroxylation sites is 1. The number of piperazine rings is 1. The van der Waals surface area contributed by atoms with Gasteiger partial charge in [-0.05, 0) is 67.6 Å². The molecule has 3 aromatic rings. The summed E-state index contributed by atoms with van der Waals surface area (Å²) in [5.41, 5.74) is 2.25. The minimum Gasteiger partial charge on any atom is -0.494 e. The van der Waals surface area contributed by atoms with E-state index in [1.54, 1.807) is 36.4 Å². The van der Waals surface area contributed by atoms with E-state index in [4.69, 9.17) is 4.74 Å². The molecular formula is C26H27FN4O2. The molecule has 1 heterocycles. The highest BCUT2D eigenvalue weighted by Crippen LogP contribution is 2.18. The van der Waals surface area contributed by atoms with Crippen molar-refractivity contribution in [3.63, 3.8) is 0 Å². The Morgan fingerprint density at radius 1 is 0.939 bits per heavy atom. The second-order valence-electron chi connectivity index (χ2n) is 7.63. The number of anilines is 1.